The third-order valence-electron chi connectivity index (χ3n) is 5.78. The van der Waals surface area contributed by atoms with Crippen LogP contribution in [0.4, 0.5) is 4.79 Å². The molecule has 2 heterocycles. The van der Waals surface area contributed by atoms with E-state index in [-0.39, 0.29) is 18.2 Å². The van der Waals surface area contributed by atoms with Gasteiger partial charge in [0.1, 0.15) is 18.4 Å². The summed E-state index contributed by atoms with van der Waals surface area (Å²) in [6.45, 7) is 4.87. The molecule has 1 aliphatic heterocycles. The van der Waals surface area contributed by atoms with Crippen molar-refractivity contribution in [3.05, 3.63) is 53.1 Å². The number of hydrogen-bond donors (Lipinski definition) is 0. The molecule has 0 bridgehead atoms. The predicted octanol–water partition coefficient (Wildman–Crippen LogP) is 4.50. The number of rotatable bonds is 5. The number of cyclic esters (lactones) is 1. The zero-order chi connectivity index (χ0) is 22.2. The number of amides is 1. The molecule has 2 aromatic carbocycles. The van der Waals surface area contributed by atoms with Gasteiger partial charge in [0, 0.05) is 11.1 Å². The first-order chi connectivity index (χ1) is 15.5. The van der Waals surface area contributed by atoms with Gasteiger partial charge in [-0.25, -0.2) is 4.79 Å². The number of fused-ring (bicyclic) bond motifs is 1. The van der Waals surface area contributed by atoms with Gasteiger partial charge in [-0.2, -0.15) is 10.2 Å². The van der Waals surface area contributed by atoms with Crippen molar-refractivity contribution < 1.29 is 18.8 Å². The average molecular weight is 430 g/mol. The van der Waals surface area contributed by atoms with Gasteiger partial charge in [-0.15, -0.1) is 0 Å². The molecular formula is C24H22N4O4. The Morgan fingerprint density at radius 1 is 1.28 bits per heavy atom. The molecule has 1 amide bonds. The van der Waals surface area contributed by atoms with E-state index in [1.165, 1.54) is 0 Å². The van der Waals surface area contributed by atoms with E-state index >= 15 is 0 Å². The van der Waals surface area contributed by atoms with Crippen LogP contribution < -0.4 is 4.74 Å². The highest BCUT2D eigenvalue weighted by molar-refractivity contribution is 5.72. The lowest BCUT2D eigenvalue weighted by atomic mass is 10.0. The normalized spacial score (nSPS) is 17.4. The maximum Gasteiger partial charge on any atom is 0.410 e. The second-order valence-corrected chi connectivity index (χ2v) is 8.15. The van der Waals surface area contributed by atoms with Gasteiger partial charge in [-0.1, -0.05) is 23.4 Å². The van der Waals surface area contributed by atoms with E-state index in [0.717, 1.165) is 29.5 Å². The van der Waals surface area contributed by atoms with E-state index < -0.39 is 0 Å². The molecule has 1 fully saturated rings. The molecule has 8 nitrogen and oxygen atoms in total. The van der Waals surface area contributed by atoms with Gasteiger partial charge in [-0.05, 0) is 56.0 Å². The molecule has 0 spiro atoms. The van der Waals surface area contributed by atoms with Gasteiger partial charge in [-0.3, -0.25) is 4.90 Å². The van der Waals surface area contributed by atoms with Crippen molar-refractivity contribution >= 4 is 6.09 Å². The third kappa shape index (κ3) is 3.46. The summed E-state index contributed by atoms with van der Waals surface area (Å²) in [5, 5.41) is 13.7. The zero-order valence-electron chi connectivity index (χ0n) is 17.9. The minimum absolute atomic E-state index is 0.0120. The number of nitrogens with zero attached hydrogens (tertiary/aromatic N) is 4. The van der Waals surface area contributed by atoms with E-state index in [4.69, 9.17) is 14.0 Å². The maximum absolute atomic E-state index is 12.1. The van der Waals surface area contributed by atoms with Crippen LogP contribution in [0, 0.1) is 11.3 Å². The van der Waals surface area contributed by atoms with Crippen LogP contribution in [0.15, 0.2) is 40.9 Å². The van der Waals surface area contributed by atoms with Crippen molar-refractivity contribution in [1.29, 1.82) is 5.26 Å². The van der Waals surface area contributed by atoms with Gasteiger partial charge in [0.05, 0.1) is 24.3 Å². The van der Waals surface area contributed by atoms with Crippen molar-refractivity contribution in [1.82, 2.24) is 15.0 Å². The molecule has 3 aromatic rings. The summed E-state index contributed by atoms with van der Waals surface area (Å²) in [5.74, 6) is 1.35. The first-order valence-electron chi connectivity index (χ1n) is 10.7. The summed E-state index contributed by atoms with van der Waals surface area (Å²) in [7, 11) is 0. The van der Waals surface area contributed by atoms with Gasteiger partial charge in [0.2, 0.25) is 5.82 Å². The van der Waals surface area contributed by atoms with Crippen LogP contribution in [0.3, 0.4) is 0 Å². The van der Waals surface area contributed by atoms with Crippen LogP contribution in [0.25, 0.3) is 22.8 Å². The quantitative estimate of drug-likeness (QED) is 0.587. The number of hydrogen-bond acceptors (Lipinski definition) is 7. The van der Waals surface area contributed by atoms with Crippen LogP contribution >= 0.6 is 0 Å². The van der Waals surface area contributed by atoms with Crippen LogP contribution in [0.2, 0.25) is 0 Å². The Labute approximate surface area is 185 Å². The highest BCUT2D eigenvalue weighted by Crippen LogP contribution is 2.41. The van der Waals surface area contributed by atoms with Gasteiger partial charge >= 0.3 is 6.09 Å². The fraction of sp³-hybridized carbons (Fsp3) is 0.333. The standard InChI is InChI=1S/C24H22N4O4/c1-14(2)31-21-9-6-15(12-16(21)13-25)23-26-22(27-32-23)19-5-3-4-18-17(19)7-8-20(18)28-10-11-30-24(28)29/h3-6,9,12,14,20H,7-8,10-11H2,1-2H3/t20-/m0/s1. The molecule has 0 N–H and O–H groups in total. The molecule has 1 atom stereocenters. The molecule has 5 rings (SSSR count). The Bertz CT molecular complexity index is 1230. The topological polar surface area (TPSA) is 101 Å². The molecule has 1 aromatic heterocycles. The monoisotopic (exact) mass is 430 g/mol. The molecule has 0 radical (unpaired) electrons. The summed E-state index contributed by atoms with van der Waals surface area (Å²) in [5.41, 5.74) is 4.20. The molecule has 0 unspecified atom stereocenters. The average Bonchev–Trinajstić information content (AvgIpc) is 3.52. The lowest BCUT2D eigenvalue weighted by Gasteiger charge is -2.22. The Morgan fingerprint density at radius 3 is 2.91 bits per heavy atom. The number of aromatic nitrogens is 2. The highest BCUT2D eigenvalue weighted by Gasteiger charge is 2.36. The van der Waals surface area contributed by atoms with E-state index in [2.05, 4.69) is 22.3 Å². The minimum atomic E-state index is -0.256. The van der Waals surface area contributed by atoms with Crippen LogP contribution in [0.5, 0.6) is 5.75 Å². The summed E-state index contributed by atoms with van der Waals surface area (Å²) >= 11 is 0. The van der Waals surface area contributed by atoms with Gasteiger partial charge in [0.15, 0.2) is 0 Å². The molecule has 0 saturated carbocycles. The first kappa shape index (κ1) is 20.1. The predicted molar refractivity (Wildman–Crippen MR) is 115 cm³/mol. The van der Waals surface area contributed by atoms with E-state index in [1.54, 1.807) is 23.1 Å². The summed E-state index contributed by atoms with van der Waals surface area (Å²) in [6.07, 6.45) is 1.38. The first-order valence-corrected chi connectivity index (χ1v) is 10.7. The second-order valence-electron chi connectivity index (χ2n) is 8.15. The maximum atomic E-state index is 12.1. The van der Waals surface area contributed by atoms with Gasteiger partial charge in [0.25, 0.3) is 5.89 Å². The van der Waals surface area contributed by atoms with Crippen molar-refractivity contribution in [2.75, 3.05) is 13.2 Å². The van der Waals surface area contributed by atoms with Gasteiger partial charge < -0.3 is 14.0 Å². The van der Waals surface area contributed by atoms with Crippen molar-refractivity contribution in [3.63, 3.8) is 0 Å². The van der Waals surface area contributed by atoms with Crippen LogP contribution in [-0.2, 0) is 11.2 Å². The highest BCUT2D eigenvalue weighted by atomic mass is 16.6. The number of ether oxygens (including phenoxy) is 2. The number of benzene rings is 2. The number of carbonyl (C=O) groups excluding carboxylic acids is 1. The van der Waals surface area contributed by atoms with Crippen molar-refractivity contribution in [2.45, 2.75) is 38.8 Å². The van der Waals surface area contributed by atoms with Crippen molar-refractivity contribution in [2.24, 2.45) is 0 Å². The number of nitriles is 1. The lowest BCUT2D eigenvalue weighted by molar-refractivity contribution is 0.147. The molecule has 8 heteroatoms. The lowest BCUT2D eigenvalue weighted by Crippen LogP contribution is -2.28. The minimum Gasteiger partial charge on any atom is -0.490 e. The molecule has 32 heavy (non-hydrogen) atoms. The SMILES string of the molecule is CC(C)Oc1ccc(-c2nc(-c3cccc4c3CC[C@@H]4N3CCOC3=O)no2)cc1C#N. The molecular weight excluding hydrogens is 408 g/mol. The van der Waals surface area contributed by atoms with Crippen LogP contribution in [0.1, 0.15) is 43.0 Å². The molecule has 1 aliphatic carbocycles. The summed E-state index contributed by atoms with van der Waals surface area (Å²) in [4.78, 5) is 18.4. The smallest absolute Gasteiger partial charge is 0.410 e. The Morgan fingerprint density at radius 2 is 2.16 bits per heavy atom. The van der Waals surface area contributed by atoms with Crippen molar-refractivity contribution in [3.8, 4) is 34.7 Å². The van der Waals surface area contributed by atoms with E-state index in [0.29, 0.717) is 41.7 Å². The second kappa shape index (κ2) is 8.00. The summed E-state index contributed by atoms with van der Waals surface area (Å²) < 4.78 is 16.3. The fourth-order valence-corrected chi connectivity index (χ4v) is 4.41. The molecule has 2 aliphatic rings. The Hall–Kier alpha value is -3.86. The van der Waals surface area contributed by atoms with Crippen LogP contribution in [-0.4, -0.2) is 40.4 Å². The van der Waals surface area contributed by atoms with E-state index in [9.17, 15) is 10.1 Å². The fourth-order valence-electron chi connectivity index (χ4n) is 4.41. The molecule has 162 valence electrons. The Balaban J connectivity index is 1.46. The summed E-state index contributed by atoms with van der Waals surface area (Å²) in [6, 6.07) is 13.4. The zero-order valence-corrected chi connectivity index (χ0v) is 17.9. The largest absolute Gasteiger partial charge is 0.490 e. The Kier molecular flexibility index (Phi) is 5.02. The molecule has 1 saturated heterocycles. The third-order valence-corrected chi connectivity index (χ3v) is 5.78. The number of carbonyl (C=O) groups is 1. The van der Waals surface area contributed by atoms with E-state index in [1.807, 2.05) is 26.0 Å².